The molecule has 0 spiro atoms. The largest absolute Gasteiger partial charge is 0.346 e. The van der Waals surface area contributed by atoms with Crippen molar-refractivity contribution in [3.63, 3.8) is 0 Å². The van der Waals surface area contributed by atoms with Gasteiger partial charge < -0.3 is 4.57 Å². The van der Waals surface area contributed by atoms with E-state index in [1.807, 2.05) is 12.3 Å². The molecular weight excluding hydrogens is 174 g/mol. The Kier molecular flexibility index (Phi) is 2.02. The maximum absolute atomic E-state index is 11.6. The number of fused-ring (bicyclic) bond motifs is 1. The van der Waals surface area contributed by atoms with Crippen LogP contribution in [0.4, 0.5) is 0 Å². The monoisotopic (exact) mass is 191 g/mol. The molecule has 2 rings (SSSR count). The molecule has 0 bridgehead atoms. The van der Waals surface area contributed by atoms with Crippen molar-refractivity contribution in [3.05, 3.63) is 23.5 Å². The molecule has 0 radical (unpaired) electrons. The average Bonchev–Trinajstić information content (AvgIpc) is 2.47. The molecule has 0 aromatic carbocycles. The first kappa shape index (κ1) is 9.50. The number of hydrogen-bond acceptors (Lipinski definition) is 1. The standard InChI is InChI=1S/C12H17NO/c1-12(2,3)13-8-7-9-10(13)5-4-6-11(9)14/h7-8H,4-6H2,1-3H3. The molecule has 0 unspecified atom stereocenters. The first-order valence-corrected chi connectivity index (χ1v) is 5.24. The maximum Gasteiger partial charge on any atom is 0.164 e. The molecule has 1 aromatic rings. The normalized spacial score (nSPS) is 16.9. The second-order valence-electron chi connectivity index (χ2n) is 4.99. The molecule has 14 heavy (non-hydrogen) atoms. The third-order valence-corrected chi connectivity index (χ3v) is 2.83. The molecule has 0 saturated heterocycles. The Balaban J connectivity index is 2.51. The van der Waals surface area contributed by atoms with E-state index in [0.717, 1.165) is 24.8 Å². The first-order valence-electron chi connectivity index (χ1n) is 5.24. The Morgan fingerprint density at radius 3 is 2.64 bits per heavy atom. The third-order valence-electron chi connectivity index (χ3n) is 2.83. The summed E-state index contributed by atoms with van der Waals surface area (Å²) in [6.07, 6.45) is 4.83. The number of aromatic nitrogens is 1. The summed E-state index contributed by atoms with van der Waals surface area (Å²) in [5, 5.41) is 0. The quantitative estimate of drug-likeness (QED) is 0.618. The summed E-state index contributed by atoms with van der Waals surface area (Å²) in [6, 6.07) is 1.97. The van der Waals surface area contributed by atoms with E-state index in [1.54, 1.807) is 0 Å². The topological polar surface area (TPSA) is 22.0 Å². The van der Waals surface area contributed by atoms with Crippen LogP contribution < -0.4 is 0 Å². The van der Waals surface area contributed by atoms with Crippen molar-refractivity contribution in [2.75, 3.05) is 0 Å². The van der Waals surface area contributed by atoms with Gasteiger partial charge in [-0.15, -0.1) is 0 Å². The fourth-order valence-electron chi connectivity index (χ4n) is 2.15. The van der Waals surface area contributed by atoms with E-state index < -0.39 is 0 Å². The molecule has 1 aliphatic carbocycles. The zero-order chi connectivity index (χ0) is 10.3. The van der Waals surface area contributed by atoms with E-state index in [-0.39, 0.29) is 5.54 Å². The molecule has 0 saturated carbocycles. The van der Waals surface area contributed by atoms with E-state index in [0.29, 0.717) is 5.78 Å². The predicted molar refractivity (Wildman–Crippen MR) is 56.7 cm³/mol. The van der Waals surface area contributed by atoms with Crippen LogP contribution in [0.3, 0.4) is 0 Å². The number of Topliss-reactive ketones (excluding diaryl/α,β-unsaturated/α-hetero) is 1. The van der Waals surface area contributed by atoms with Crippen LogP contribution in [0.5, 0.6) is 0 Å². The van der Waals surface area contributed by atoms with Gasteiger partial charge in [0.25, 0.3) is 0 Å². The molecule has 2 nitrogen and oxygen atoms in total. The van der Waals surface area contributed by atoms with Crippen molar-refractivity contribution >= 4 is 5.78 Å². The zero-order valence-corrected chi connectivity index (χ0v) is 9.13. The number of ketones is 1. The van der Waals surface area contributed by atoms with Crippen LogP contribution in [0.1, 0.15) is 49.7 Å². The molecule has 0 amide bonds. The van der Waals surface area contributed by atoms with Crippen molar-refractivity contribution < 1.29 is 4.79 Å². The van der Waals surface area contributed by atoms with Crippen LogP contribution in [0, 0.1) is 0 Å². The van der Waals surface area contributed by atoms with Gasteiger partial charge in [0, 0.05) is 29.4 Å². The molecule has 0 fully saturated rings. The summed E-state index contributed by atoms with van der Waals surface area (Å²) in [5.74, 6) is 0.314. The molecule has 0 aliphatic heterocycles. The maximum atomic E-state index is 11.6. The molecule has 2 heteroatoms. The smallest absolute Gasteiger partial charge is 0.164 e. The highest BCUT2D eigenvalue weighted by molar-refractivity contribution is 5.98. The van der Waals surface area contributed by atoms with Gasteiger partial charge in [-0.2, -0.15) is 0 Å². The van der Waals surface area contributed by atoms with Crippen LogP contribution in [-0.2, 0) is 12.0 Å². The first-order chi connectivity index (χ1) is 6.50. The summed E-state index contributed by atoms with van der Waals surface area (Å²) in [6.45, 7) is 6.52. The average molecular weight is 191 g/mol. The van der Waals surface area contributed by atoms with Gasteiger partial charge in [-0.05, 0) is 39.7 Å². The van der Waals surface area contributed by atoms with E-state index in [4.69, 9.17) is 0 Å². The van der Waals surface area contributed by atoms with Gasteiger partial charge in [0.2, 0.25) is 0 Å². The minimum atomic E-state index is 0.0885. The van der Waals surface area contributed by atoms with E-state index in [1.165, 1.54) is 5.69 Å². The van der Waals surface area contributed by atoms with Gasteiger partial charge >= 0.3 is 0 Å². The summed E-state index contributed by atoms with van der Waals surface area (Å²) >= 11 is 0. The van der Waals surface area contributed by atoms with Gasteiger partial charge in [-0.3, -0.25) is 4.79 Å². The highest BCUT2D eigenvalue weighted by Gasteiger charge is 2.24. The summed E-state index contributed by atoms with van der Waals surface area (Å²) in [4.78, 5) is 11.6. The minimum absolute atomic E-state index is 0.0885. The van der Waals surface area contributed by atoms with E-state index >= 15 is 0 Å². The lowest BCUT2D eigenvalue weighted by Crippen LogP contribution is -2.25. The van der Waals surface area contributed by atoms with Gasteiger partial charge in [0.15, 0.2) is 5.78 Å². The lowest BCUT2D eigenvalue weighted by molar-refractivity contribution is 0.0971. The number of hydrogen-bond donors (Lipinski definition) is 0. The van der Waals surface area contributed by atoms with Gasteiger partial charge in [0.05, 0.1) is 0 Å². The van der Waals surface area contributed by atoms with Gasteiger partial charge in [-0.25, -0.2) is 0 Å². The van der Waals surface area contributed by atoms with Crippen LogP contribution in [0.2, 0.25) is 0 Å². The molecule has 1 aromatic heterocycles. The van der Waals surface area contributed by atoms with Crippen molar-refractivity contribution in [2.24, 2.45) is 0 Å². The fourth-order valence-corrected chi connectivity index (χ4v) is 2.15. The van der Waals surface area contributed by atoms with Crippen LogP contribution in [0.15, 0.2) is 12.3 Å². The van der Waals surface area contributed by atoms with Crippen LogP contribution in [0.25, 0.3) is 0 Å². The summed E-state index contributed by atoms with van der Waals surface area (Å²) in [7, 11) is 0. The van der Waals surface area contributed by atoms with E-state index in [2.05, 4.69) is 25.3 Å². The Morgan fingerprint density at radius 1 is 1.29 bits per heavy atom. The van der Waals surface area contributed by atoms with Crippen LogP contribution >= 0.6 is 0 Å². The van der Waals surface area contributed by atoms with Crippen molar-refractivity contribution in [1.29, 1.82) is 0 Å². The van der Waals surface area contributed by atoms with E-state index in [9.17, 15) is 4.79 Å². The summed E-state index contributed by atoms with van der Waals surface area (Å²) in [5.41, 5.74) is 2.27. The van der Waals surface area contributed by atoms with Crippen molar-refractivity contribution in [1.82, 2.24) is 4.57 Å². The predicted octanol–water partition coefficient (Wildman–Crippen LogP) is 2.76. The number of carbonyl (C=O) groups excluding carboxylic acids is 1. The molecule has 1 aliphatic rings. The SMILES string of the molecule is CC(C)(C)n1ccc2c1CCCC2=O. The molecule has 76 valence electrons. The molecule has 0 N–H and O–H groups in total. The van der Waals surface area contributed by atoms with Crippen molar-refractivity contribution in [2.45, 2.75) is 45.6 Å². The second-order valence-corrected chi connectivity index (χ2v) is 4.99. The molecule has 0 atom stereocenters. The Morgan fingerprint density at radius 2 is 2.00 bits per heavy atom. The Bertz CT molecular complexity index is 368. The van der Waals surface area contributed by atoms with Gasteiger partial charge in [-0.1, -0.05) is 0 Å². The number of rotatable bonds is 0. The Hall–Kier alpha value is -1.05. The lowest BCUT2D eigenvalue weighted by atomic mass is 9.96. The van der Waals surface area contributed by atoms with Crippen LogP contribution in [-0.4, -0.2) is 10.4 Å². The zero-order valence-electron chi connectivity index (χ0n) is 9.13. The molecule has 1 heterocycles. The highest BCUT2D eigenvalue weighted by Crippen LogP contribution is 2.27. The number of carbonyl (C=O) groups is 1. The number of nitrogens with zero attached hydrogens (tertiary/aromatic N) is 1. The minimum Gasteiger partial charge on any atom is -0.346 e. The summed E-state index contributed by atoms with van der Waals surface area (Å²) < 4.78 is 2.24. The second kappa shape index (κ2) is 2.97. The Labute approximate surface area is 84.9 Å². The van der Waals surface area contributed by atoms with Gasteiger partial charge in [0.1, 0.15) is 0 Å². The lowest BCUT2D eigenvalue weighted by Gasteiger charge is -2.26. The van der Waals surface area contributed by atoms with Crippen molar-refractivity contribution in [3.8, 4) is 0 Å². The highest BCUT2D eigenvalue weighted by atomic mass is 16.1. The fraction of sp³-hybridized carbons (Fsp3) is 0.583. The third kappa shape index (κ3) is 1.39. The molecular formula is C12H17NO.